The summed E-state index contributed by atoms with van der Waals surface area (Å²) in [4.78, 5) is 15.2. The van der Waals surface area contributed by atoms with Crippen molar-refractivity contribution in [2.24, 2.45) is 5.92 Å². The standard InChI is InChI=1S/C25H41NO2Si/c1-20(12-11-13-21(2)19-27)15-16-24(28-29(7,8)25(4,5)6)22(3)18-23-14-9-10-17-26-23/h9-10,14-15,17-19,21,24H,11-13,16H2,1-8H3/b20-15+,22-18+/t21-,24-/m0/s1. The molecule has 0 spiro atoms. The molecule has 0 aliphatic rings. The number of allylic oxidation sites excluding steroid dienone is 1. The van der Waals surface area contributed by atoms with Gasteiger partial charge in [0.2, 0.25) is 0 Å². The molecule has 3 nitrogen and oxygen atoms in total. The maximum absolute atomic E-state index is 10.8. The molecule has 4 heteroatoms. The fourth-order valence-corrected chi connectivity index (χ4v) is 4.18. The van der Waals surface area contributed by atoms with Crippen LogP contribution in [0.5, 0.6) is 0 Å². The van der Waals surface area contributed by atoms with Crippen LogP contribution in [0.4, 0.5) is 0 Å². The quantitative estimate of drug-likeness (QED) is 0.217. The van der Waals surface area contributed by atoms with E-state index in [4.69, 9.17) is 4.43 Å². The summed E-state index contributed by atoms with van der Waals surface area (Å²) < 4.78 is 6.80. The zero-order chi connectivity index (χ0) is 22.1. The Labute approximate surface area is 179 Å². The largest absolute Gasteiger partial charge is 0.410 e. The lowest BCUT2D eigenvalue weighted by atomic mass is 10.0. The van der Waals surface area contributed by atoms with Crippen LogP contribution in [0.3, 0.4) is 0 Å². The number of hydrogen-bond acceptors (Lipinski definition) is 3. The van der Waals surface area contributed by atoms with Crippen molar-refractivity contribution in [3.8, 4) is 0 Å². The Kier molecular flexibility index (Phi) is 10.2. The summed E-state index contributed by atoms with van der Waals surface area (Å²) in [5.74, 6) is 0.154. The molecule has 0 bridgehead atoms. The summed E-state index contributed by atoms with van der Waals surface area (Å²) >= 11 is 0. The van der Waals surface area contributed by atoms with Gasteiger partial charge in [0.05, 0.1) is 11.8 Å². The van der Waals surface area contributed by atoms with Gasteiger partial charge in [-0.2, -0.15) is 0 Å². The molecule has 0 aliphatic carbocycles. The minimum absolute atomic E-state index is 0.0572. The molecule has 0 fully saturated rings. The summed E-state index contributed by atoms with van der Waals surface area (Å²) in [6.45, 7) is 17.8. The topological polar surface area (TPSA) is 39.2 Å². The van der Waals surface area contributed by atoms with E-state index in [9.17, 15) is 4.79 Å². The van der Waals surface area contributed by atoms with Gasteiger partial charge in [-0.1, -0.05) is 45.4 Å². The van der Waals surface area contributed by atoms with Crippen LogP contribution in [0.25, 0.3) is 6.08 Å². The summed E-state index contributed by atoms with van der Waals surface area (Å²) in [5, 5.41) is 0.167. The molecule has 1 aromatic heterocycles. The molecule has 1 heterocycles. The van der Waals surface area contributed by atoms with Gasteiger partial charge >= 0.3 is 0 Å². The van der Waals surface area contributed by atoms with E-state index < -0.39 is 8.32 Å². The van der Waals surface area contributed by atoms with Gasteiger partial charge < -0.3 is 9.22 Å². The van der Waals surface area contributed by atoms with Crippen molar-refractivity contribution in [3.05, 3.63) is 47.3 Å². The van der Waals surface area contributed by atoms with Gasteiger partial charge in [0.1, 0.15) is 6.29 Å². The maximum atomic E-state index is 10.8. The molecule has 0 N–H and O–H groups in total. The highest BCUT2D eigenvalue weighted by molar-refractivity contribution is 6.74. The average Bonchev–Trinajstić information content (AvgIpc) is 2.64. The summed E-state index contributed by atoms with van der Waals surface area (Å²) in [7, 11) is -1.89. The third-order valence-corrected chi connectivity index (χ3v) is 10.4. The fraction of sp³-hybridized carbons (Fsp3) is 0.600. The van der Waals surface area contributed by atoms with Crippen LogP contribution >= 0.6 is 0 Å². The van der Waals surface area contributed by atoms with Crippen molar-refractivity contribution in [3.63, 3.8) is 0 Å². The van der Waals surface area contributed by atoms with Crippen molar-refractivity contribution in [2.75, 3.05) is 0 Å². The molecular weight excluding hydrogens is 374 g/mol. The predicted molar refractivity (Wildman–Crippen MR) is 127 cm³/mol. The summed E-state index contributed by atoms with van der Waals surface area (Å²) in [5.41, 5.74) is 3.56. The number of nitrogens with zero attached hydrogens (tertiary/aromatic N) is 1. The first kappa shape index (κ1) is 25.5. The molecule has 0 amide bonds. The third kappa shape index (κ3) is 9.22. The fourth-order valence-electron chi connectivity index (χ4n) is 2.83. The van der Waals surface area contributed by atoms with Crippen molar-refractivity contribution in [1.29, 1.82) is 0 Å². The smallest absolute Gasteiger partial charge is 0.192 e. The number of hydrogen-bond donors (Lipinski definition) is 0. The molecule has 0 saturated carbocycles. The second-order valence-corrected chi connectivity index (χ2v) is 14.6. The van der Waals surface area contributed by atoms with E-state index in [0.717, 1.165) is 37.7 Å². The highest BCUT2D eigenvalue weighted by atomic mass is 28.4. The molecule has 0 aromatic carbocycles. The van der Waals surface area contributed by atoms with Crippen LogP contribution < -0.4 is 0 Å². The average molecular weight is 416 g/mol. The van der Waals surface area contributed by atoms with Crippen LogP contribution in [0.1, 0.15) is 72.9 Å². The number of carbonyl (C=O) groups is 1. The second-order valence-electron chi connectivity index (χ2n) is 9.80. The number of carbonyl (C=O) groups excluding carboxylic acids is 1. The number of pyridine rings is 1. The maximum Gasteiger partial charge on any atom is 0.192 e. The second kappa shape index (κ2) is 11.6. The lowest BCUT2D eigenvalue weighted by Crippen LogP contribution is -2.44. The van der Waals surface area contributed by atoms with Gasteiger partial charge in [0, 0.05) is 12.1 Å². The first-order chi connectivity index (χ1) is 13.5. The SMILES string of the molecule is C/C(=C\C[C@H](O[Si](C)(C)C(C)(C)C)/C(C)=C/c1ccccn1)CCC[C@H](C)C=O. The minimum Gasteiger partial charge on any atom is -0.410 e. The van der Waals surface area contributed by atoms with Crippen LogP contribution in [0.15, 0.2) is 41.6 Å². The molecule has 0 aliphatic heterocycles. The van der Waals surface area contributed by atoms with E-state index in [2.05, 4.69) is 64.8 Å². The van der Waals surface area contributed by atoms with Crippen LogP contribution in [0.2, 0.25) is 18.1 Å². The van der Waals surface area contributed by atoms with E-state index in [1.54, 1.807) is 0 Å². The Morgan fingerprint density at radius 3 is 2.48 bits per heavy atom. The summed E-state index contributed by atoms with van der Waals surface area (Å²) in [6, 6.07) is 5.98. The molecule has 29 heavy (non-hydrogen) atoms. The highest BCUT2D eigenvalue weighted by Gasteiger charge is 2.39. The Morgan fingerprint density at radius 1 is 1.24 bits per heavy atom. The van der Waals surface area contributed by atoms with E-state index in [0.29, 0.717) is 0 Å². The van der Waals surface area contributed by atoms with Gasteiger partial charge in [-0.3, -0.25) is 4.98 Å². The van der Waals surface area contributed by atoms with Gasteiger partial charge in [0.25, 0.3) is 0 Å². The van der Waals surface area contributed by atoms with E-state index in [-0.39, 0.29) is 17.1 Å². The van der Waals surface area contributed by atoms with Crippen molar-refractivity contribution in [2.45, 2.75) is 91.5 Å². The monoisotopic (exact) mass is 415 g/mol. The molecule has 0 radical (unpaired) electrons. The highest BCUT2D eigenvalue weighted by Crippen LogP contribution is 2.38. The molecule has 1 aromatic rings. The molecule has 162 valence electrons. The minimum atomic E-state index is -1.89. The zero-order valence-corrected chi connectivity index (χ0v) is 20.8. The van der Waals surface area contributed by atoms with Crippen molar-refractivity contribution >= 4 is 20.7 Å². The van der Waals surface area contributed by atoms with E-state index >= 15 is 0 Å². The lowest BCUT2D eigenvalue weighted by molar-refractivity contribution is -0.110. The molecule has 1 rings (SSSR count). The molecular formula is C25H41NO2Si. The predicted octanol–water partition coefficient (Wildman–Crippen LogP) is 7.22. The molecule has 2 atom stereocenters. The summed E-state index contributed by atoms with van der Waals surface area (Å²) in [6.07, 6.45) is 11.3. The number of rotatable bonds is 11. The molecule has 0 unspecified atom stereocenters. The first-order valence-electron chi connectivity index (χ1n) is 10.8. The first-order valence-corrected chi connectivity index (χ1v) is 13.7. The van der Waals surface area contributed by atoms with E-state index in [1.165, 1.54) is 11.1 Å². The number of aromatic nitrogens is 1. The Hall–Kier alpha value is -1.52. The van der Waals surface area contributed by atoms with Crippen molar-refractivity contribution < 1.29 is 9.22 Å². The van der Waals surface area contributed by atoms with Crippen LogP contribution in [-0.4, -0.2) is 25.7 Å². The zero-order valence-electron chi connectivity index (χ0n) is 19.8. The molecule has 0 saturated heterocycles. The van der Waals surface area contributed by atoms with Gasteiger partial charge in [-0.15, -0.1) is 0 Å². The third-order valence-electron chi connectivity index (χ3n) is 5.96. The number of aldehydes is 1. The van der Waals surface area contributed by atoms with Crippen LogP contribution in [0, 0.1) is 5.92 Å². The van der Waals surface area contributed by atoms with Gasteiger partial charge in [-0.05, 0) is 81.4 Å². The Morgan fingerprint density at radius 2 is 1.93 bits per heavy atom. The van der Waals surface area contributed by atoms with E-state index in [1.807, 2.05) is 31.3 Å². The van der Waals surface area contributed by atoms with Gasteiger partial charge in [0.15, 0.2) is 8.32 Å². The normalized spacial score (nSPS) is 15.9. The van der Waals surface area contributed by atoms with Crippen molar-refractivity contribution in [1.82, 2.24) is 4.98 Å². The van der Waals surface area contributed by atoms with Crippen LogP contribution in [-0.2, 0) is 9.22 Å². The lowest BCUT2D eigenvalue weighted by Gasteiger charge is -2.39. The Bertz CT molecular complexity index is 687. The van der Waals surface area contributed by atoms with Gasteiger partial charge in [-0.25, -0.2) is 0 Å². The Balaban J connectivity index is 2.94.